The minimum atomic E-state index is -0.338. The van der Waals surface area contributed by atoms with Gasteiger partial charge in [0.2, 0.25) is 0 Å². The number of allylic oxidation sites excluding steroid dienone is 4. The van der Waals surface area contributed by atoms with E-state index in [4.69, 9.17) is 10.8 Å². The molecule has 0 amide bonds. The normalized spacial score (nSPS) is 18.4. The lowest BCUT2D eigenvalue weighted by Crippen LogP contribution is -2.28. The SMILES string of the molecule is CC(=O)[C@H](N)CCC1=CC=C(O)CC1. The molecular formula is C11H17NO2. The molecule has 0 aromatic rings. The van der Waals surface area contributed by atoms with Gasteiger partial charge in [0.25, 0.3) is 0 Å². The molecule has 0 fully saturated rings. The second kappa shape index (κ2) is 4.96. The van der Waals surface area contributed by atoms with Crippen LogP contribution in [0.3, 0.4) is 0 Å². The van der Waals surface area contributed by atoms with Crippen LogP contribution < -0.4 is 5.73 Å². The first kappa shape index (κ1) is 11.0. The van der Waals surface area contributed by atoms with Crippen LogP contribution in [0.4, 0.5) is 0 Å². The maximum atomic E-state index is 10.9. The van der Waals surface area contributed by atoms with E-state index in [-0.39, 0.29) is 11.8 Å². The first-order valence-electron chi connectivity index (χ1n) is 4.93. The van der Waals surface area contributed by atoms with Crippen LogP contribution in [0.2, 0.25) is 0 Å². The van der Waals surface area contributed by atoms with Gasteiger partial charge in [-0.2, -0.15) is 0 Å². The molecule has 1 atom stereocenters. The van der Waals surface area contributed by atoms with Gasteiger partial charge in [0.05, 0.1) is 11.8 Å². The molecule has 0 saturated heterocycles. The summed E-state index contributed by atoms with van der Waals surface area (Å²) >= 11 is 0. The molecule has 0 bridgehead atoms. The van der Waals surface area contributed by atoms with Crippen LogP contribution >= 0.6 is 0 Å². The highest BCUT2D eigenvalue weighted by Crippen LogP contribution is 2.20. The Morgan fingerprint density at radius 2 is 2.29 bits per heavy atom. The number of aliphatic hydroxyl groups is 1. The quantitative estimate of drug-likeness (QED) is 0.719. The molecule has 3 N–H and O–H groups in total. The number of aliphatic hydroxyl groups excluding tert-OH is 1. The minimum absolute atomic E-state index is 0.0415. The topological polar surface area (TPSA) is 63.3 Å². The summed E-state index contributed by atoms with van der Waals surface area (Å²) in [6.45, 7) is 1.52. The molecule has 1 aliphatic carbocycles. The standard InChI is InChI=1S/C11H17NO2/c1-8(13)11(12)7-4-9-2-5-10(14)6-3-9/h2,5,11,14H,3-4,6-7,12H2,1H3/t11-/m1/s1. The van der Waals surface area contributed by atoms with Crippen molar-refractivity contribution >= 4 is 5.78 Å². The molecule has 0 aliphatic heterocycles. The van der Waals surface area contributed by atoms with E-state index in [0.29, 0.717) is 18.6 Å². The molecule has 0 spiro atoms. The van der Waals surface area contributed by atoms with Crippen molar-refractivity contribution in [1.29, 1.82) is 0 Å². The molecule has 0 heterocycles. The molecule has 14 heavy (non-hydrogen) atoms. The smallest absolute Gasteiger partial charge is 0.146 e. The van der Waals surface area contributed by atoms with Gasteiger partial charge >= 0.3 is 0 Å². The molecule has 3 heteroatoms. The van der Waals surface area contributed by atoms with E-state index in [1.807, 2.05) is 6.08 Å². The van der Waals surface area contributed by atoms with Crippen molar-refractivity contribution in [2.24, 2.45) is 5.73 Å². The van der Waals surface area contributed by atoms with Crippen molar-refractivity contribution in [3.05, 3.63) is 23.5 Å². The number of hydrogen-bond donors (Lipinski definition) is 2. The van der Waals surface area contributed by atoms with Crippen LogP contribution in [-0.2, 0) is 4.79 Å². The maximum Gasteiger partial charge on any atom is 0.146 e. The van der Waals surface area contributed by atoms with Crippen LogP contribution in [0.25, 0.3) is 0 Å². The Labute approximate surface area is 84.3 Å². The number of nitrogens with two attached hydrogens (primary N) is 1. The molecule has 0 aromatic heterocycles. The van der Waals surface area contributed by atoms with Gasteiger partial charge < -0.3 is 10.8 Å². The number of hydrogen-bond acceptors (Lipinski definition) is 3. The van der Waals surface area contributed by atoms with Crippen LogP contribution in [0.1, 0.15) is 32.6 Å². The Hall–Kier alpha value is -1.09. The van der Waals surface area contributed by atoms with Crippen molar-refractivity contribution < 1.29 is 9.90 Å². The van der Waals surface area contributed by atoms with Crippen LogP contribution in [-0.4, -0.2) is 16.9 Å². The van der Waals surface area contributed by atoms with E-state index in [1.165, 1.54) is 12.5 Å². The Kier molecular flexibility index (Phi) is 3.89. The Bertz CT molecular complexity index is 279. The molecular weight excluding hydrogens is 178 g/mol. The molecule has 78 valence electrons. The molecule has 0 unspecified atom stereocenters. The zero-order valence-electron chi connectivity index (χ0n) is 8.49. The lowest BCUT2D eigenvalue weighted by molar-refractivity contribution is -0.118. The highest BCUT2D eigenvalue weighted by Gasteiger charge is 2.10. The van der Waals surface area contributed by atoms with Gasteiger partial charge in [0.1, 0.15) is 5.78 Å². The van der Waals surface area contributed by atoms with E-state index in [1.54, 1.807) is 6.08 Å². The Morgan fingerprint density at radius 3 is 2.79 bits per heavy atom. The average Bonchev–Trinajstić information content (AvgIpc) is 2.16. The second-order valence-electron chi connectivity index (χ2n) is 3.74. The summed E-state index contributed by atoms with van der Waals surface area (Å²) in [5.41, 5.74) is 6.88. The van der Waals surface area contributed by atoms with Crippen molar-refractivity contribution in [3.8, 4) is 0 Å². The van der Waals surface area contributed by atoms with E-state index in [2.05, 4.69) is 0 Å². The van der Waals surface area contributed by atoms with Gasteiger partial charge in [-0.1, -0.05) is 11.6 Å². The largest absolute Gasteiger partial charge is 0.512 e. The van der Waals surface area contributed by atoms with Crippen LogP contribution in [0, 0.1) is 0 Å². The second-order valence-corrected chi connectivity index (χ2v) is 3.74. The average molecular weight is 195 g/mol. The monoisotopic (exact) mass is 195 g/mol. The van der Waals surface area contributed by atoms with Crippen molar-refractivity contribution in [1.82, 2.24) is 0 Å². The van der Waals surface area contributed by atoms with E-state index < -0.39 is 0 Å². The van der Waals surface area contributed by atoms with Crippen molar-refractivity contribution in [2.75, 3.05) is 0 Å². The summed E-state index contributed by atoms with van der Waals surface area (Å²) in [5, 5.41) is 9.13. The highest BCUT2D eigenvalue weighted by molar-refractivity contribution is 5.81. The van der Waals surface area contributed by atoms with Crippen molar-refractivity contribution in [3.63, 3.8) is 0 Å². The third kappa shape index (κ3) is 3.34. The van der Waals surface area contributed by atoms with Gasteiger partial charge in [-0.3, -0.25) is 4.79 Å². The van der Waals surface area contributed by atoms with Gasteiger partial charge in [0, 0.05) is 6.42 Å². The summed E-state index contributed by atoms with van der Waals surface area (Å²) in [7, 11) is 0. The van der Waals surface area contributed by atoms with Gasteiger partial charge in [-0.25, -0.2) is 0 Å². The molecule has 3 nitrogen and oxygen atoms in total. The predicted molar refractivity (Wildman–Crippen MR) is 55.9 cm³/mol. The fraction of sp³-hybridized carbons (Fsp3) is 0.545. The van der Waals surface area contributed by atoms with Gasteiger partial charge in [-0.15, -0.1) is 0 Å². The van der Waals surface area contributed by atoms with E-state index >= 15 is 0 Å². The maximum absolute atomic E-state index is 10.9. The molecule has 0 aromatic carbocycles. The number of rotatable bonds is 4. The summed E-state index contributed by atoms with van der Waals surface area (Å²) in [5.74, 6) is 0.476. The number of ketones is 1. The third-order valence-electron chi connectivity index (χ3n) is 2.51. The van der Waals surface area contributed by atoms with Crippen LogP contribution in [0.5, 0.6) is 0 Å². The molecule has 0 saturated carbocycles. The molecule has 1 rings (SSSR count). The first-order valence-corrected chi connectivity index (χ1v) is 4.93. The third-order valence-corrected chi connectivity index (χ3v) is 2.51. The van der Waals surface area contributed by atoms with E-state index in [9.17, 15) is 4.79 Å². The number of carbonyl (C=O) groups excluding carboxylic acids is 1. The Morgan fingerprint density at radius 1 is 1.57 bits per heavy atom. The lowest BCUT2D eigenvalue weighted by Gasteiger charge is -2.13. The zero-order chi connectivity index (χ0) is 10.6. The zero-order valence-corrected chi connectivity index (χ0v) is 8.49. The fourth-order valence-corrected chi connectivity index (χ4v) is 1.42. The van der Waals surface area contributed by atoms with Crippen molar-refractivity contribution in [2.45, 2.75) is 38.6 Å². The highest BCUT2D eigenvalue weighted by atomic mass is 16.3. The fourth-order valence-electron chi connectivity index (χ4n) is 1.42. The van der Waals surface area contributed by atoms with Gasteiger partial charge in [0.15, 0.2) is 0 Å². The molecule has 0 radical (unpaired) electrons. The first-order chi connectivity index (χ1) is 6.59. The van der Waals surface area contributed by atoms with Crippen LogP contribution in [0.15, 0.2) is 23.5 Å². The number of Topliss-reactive ketones (excluding diaryl/α,β-unsaturated/α-hetero) is 1. The lowest BCUT2D eigenvalue weighted by atomic mass is 9.96. The van der Waals surface area contributed by atoms with E-state index in [0.717, 1.165) is 12.8 Å². The Balaban J connectivity index is 2.36. The summed E-state index contributed by atoms with van der Waals surface area (Å²) in [6, 6.07) is -0.338. The van der Waals surface area contributed by atoms with Gasteiger partial charge in [-0.05, 0) is 32.3 Å². The summed E-state index contributed by atoms with van der Waals surface area (Å²) in [6.07, 6.45) is 6.79. The predicted octanol–water partition coefficient (Wildman–Crippen LogP) is 1.84. The minimum Gasteiger partial charge on any atom is -0.512 e. The number of carbonyl (C=O) groups is 1. The summed E-state index contributed by atoms with van der Waals surface area (Å²) < 4.78 is 0. The molecule has 1 aliphatic rings. The summed E-state index contributed by atoms with van der Waals surface area (Å²) in [4.78, 5) is 10.9.